The number of carbonyl (C=O) groups is 3. The summed E-state index contributed by atoms with van der Waals surface area (Å²) >= 11 is 0. The van der Waals surface area contributed by atoms with Gasteiger partial charge in [0.2, 0.25) is 11.7 Å². The zero-order valence-electron chi connectivity index (χ0n) is 17.8. The number of amides is 1. The maximum absolute atomic E-state index is 13.5. The van der Waals surface area contributed by atoms with Crippen LogP contribution < -0.4 is 9.47 Å². The van der Waals surface area contributed by atoms with Crippen LogP contribution in [0, 0.1) is 11.8 Å². The summed E-state index contributed by atoms with van der Waals surface area (Å²) < 4.78 is 11.6. The van der Waals surface area contributed by atoms with E-state index in [1.54, 1.807) is 18.2 Å². The summed E-state index contributed by atoms with van der Waals surface area (Å²) in [5.41, 5.74) is 9.07. The van der Waals surface area contributed by atoms with Crippen LogP contribution in [0.3, 0.4) is 0 Å². The van der Waals surface area contributed by atoms with Gasteiger partial charge in [0.1, 0.15) is 11.5 Å². The van der Waals surface area contributed by atoms with Crippen LogP contribution in [-0.4, -0.2) is 30.7 Å². The van der Waals surface area contributed by atoms with E-state index in [0.29, 0.717) is 12.4 Å². The van der Waals surface area contributed by atoms with E-state index in [0.717, 1.165) is 0 Å². The zero-order valence-corrected chi connectivity index (χ0v) is 17.8. The maximum atomic E-state index is 13.5. The molecule has 2 aromatic rings. The lowest BCUT2D eigenvalue weighted by atomic mass is 9.82. The Morgan fingerprint density at radius 2 is 1.55 bits per heavy atom. The molecule has 0 saturated carbocycles. The topological polar surface area (TPSA) is 118 Å². The van der Waals surface area contributed by atoms with Crippen molar-refractivity contribution in [2.45, 2.75) is 27.7 Å². The predicted molar refractivity (Wildman–Crippen MR) is 114 cm³/mol. The number of rotatable bonds is 7. The number of nitrogens with zero attached hydrogens (tertiary/aromatic N) is 3. The van der Waals surface area contributed by atoms with Crippen molar-refractivity contribution in [2.75, 3.05) is 13.2 Å². The number of fused-ring (bicyclic) bond motifs is 2. The van der Waals surface area contributed by atoms with Crippen LogP contribution >= 0.6 is 0 Å². The summed E-state index contributed by atoms with van der Waals surface area (Å²) in [7, 11) is 0. The molecule has 1 amide bonds. The minimum atomic E-state index is -0.861. The normalized spacial score (nSPS) is 12.3. The van der Waals surface area contributed by atoms with Crippen molar-refractivity contribution in [2.24, 2.45) is 17.0 Å². The molecular weight excluding hydrogens is 398 g/mol. The lowest BCUT2D eigenvalue weighted by Gasteiger charge is -2.23. The Labute approximate surface area is 179 Å². The van der Waals surface area contributed by atoms with Crippen molar-refractivity contribution in [1.29, 1.82) is 0 Å². The molecule has 0 radical (unpaired) electrons. The number of hydrogen-bond acceptors (Lipinski definition) is 5. The Bertz CT molecular complexity index is 1110. The highest BCUT2D eigenvalue weighted by Gasteiger charge is 2.36. The Hall–Kier alpha value is -3.64. The van der Waals surface area contributed by atoms with Crippen molar-refractivity contribution in [1.82, 2.24) is 0 Å². The Morgan fingerprint density at radius 1 is 0.935 bits per heavy atom. The van der Waals surface area contributed by atoms with E-state index in [-0.39, 0.29) is 52.0 Å². The molecule has 8 nitrogen and oxygen atoms in total. The first-order chi connectivity index (χ1) is 14.7. The second kappa shape index (κ2) is 9.02. The van der Waals surface area contributed by atoms with Crippen molar-refractivity contribution < 1.29 is 23.9 Å². The van der Waals surface area contributed by atoms with Gasteiger partial charge in [0, 0.05) is 21.6 Å². The molecule has 0 aromatic heterocycles. The highest BCUT2D eigenvalue weighted by Crippen LogP contribution is 2.38. The molecule has 1 aliphatic rings. The first kappa shape index (κ1) is 22.1. The second-order valence-electron chi connectivity index (χ2n) is 8.14. The fourth-order valence-corrected chi connectivity index (χ4v) is 3.22. The molecule has 0 atom stereocenters. The summed E-state index contributed by atoms with van der Waals surface area (Å²) in [6.07, 6.45) is 0. The molecule has 31 heavy (non-hydrogen) atoms. The number of hydrogen-bond donors (Lipinski definition) is 0. The van der Waals surface area contributed by atoms with E-state index in [1.165, 1.54) is 12.1 Å². The average molecular weight is 421 g/mol. The lowest BCUT2D eigenvalue weighted by Crippen LogP contribution is -2.24. The standard InChI is InChI=1S/C23H23N3O5/c1-12(2)10-30-17-7-5-6-15-19(17)22(28)20-16(21(15)27)8-14(23(29)25-26-24)9-18(20)31-11-13(3)4/h5-9,12-13H,10-11H2,1-4H3. The van der Waals surface area contributed by atoms with E-state index in [1.807, 2.05) is 27.7 Å². The third kappa shape index (κ3) is 4.44. The monoisotopic (exact) mass is 421 g/mol. The molecule has 0 aliphatic heterocycles. The summed E-state index contributed by atoms with van der Waals surface area (Å²) in [5, 5.41) is 3.09. The quantitative estimate of drug-likeness (QED) is 0.303. The fraction of sp³-hybridized carbons (Fsp3) is 0.348. The van der Waals surface area contributed by atoms with Gasteiger partial charge in [-0.3, -0.25) is 14.4 Å². The van der Waals surface area contributed by atoms with Crippen LogP contribution in [0.2, 0.25) is 0 Å². The SMILES string of the molecule is CC(C)COc1cccc2c1C(=O)c1c(OCC(C)C)cc(C(=O)N=[N+]=[N-])cc1C2=O. The second-order valence-corrected chi connectivity index (χ2v) is 8.14. The smallest absolute Gasteiger partial charge is 0.249 e. The summed E-state index contributed by atoms with van der Waals surface area (Å²) in [4.78, 5) is 41.5. The molecule has 1 aliphatic carbocycles. The van der Waals surface area contributed by atoms with Crippen LogP contribution in [0.4, 0.5) is 0 Å². The number of ketones is 2. The molecule has 0 fully saturated rings. The van der Waals surface area contributed by atoms with Gasteiger partial charge in [-0.1, -0.05) is 39.8 Å². The molecule has 0 saturated heterocycles. The molecule has 0 bridgehead atoms. The van der Waals surface area contributed by atoms with Crippen molar-refractivity contribution in [3.63, 3.8) is 0 Å². The predicted octanol–water partition coefficient (Wildman–Crippen LogP) is 4.98. The van der Waals surface area contributed by atoms with E-state index in [4.69, 9.17) is 15.0 Å². The van der Waals surface area contributed by atoms with E-state index in [9.17, 15) is 14.4 Å². The average Bonchev–Trinajstić information content (AvgIpc) is 2.73. The van der Waals surface area contributed by atoms with Crippen LogP contribution in [0.5, 0.6) is 11.5 Å². The van der Waals surface area contributed by atoms with Crippen molar-refractivity contribution >= 4 is 17.5 Å². The van der Waals surface area contributed by atoms with Gasteiger partial charge in [-0.25, -0.2) is 0 Å². The maximum Gasteiger partial charge on any atom is 0.249 e. The van der Waals surface area contributed by atoms with Crippen LogP contribution in [0.25, 0.3) is 10.4 Å². The number of benzene rings is 2. The number of ether oxygens (including phenoxy) is 2. The summed E-state index contributed by atoms with van der Waals surface area (Å²) in [6.45, 7) is 8.49. The molecule has 0 unspecified atom stereocenters. The van der Waals surface area contributed by atoms with Crippen LogP contribution in [-0.2, 0) is 0 Å². The van der Waals surface area contributed by atoms with Gasteiger partial charge in [0.05, 0.1) is 24.3 Å². The Kier molecular flexibility index (Phi) is 6.42. The minimum absolute atomic E-state index is 0.0212. The van der Waals surface area contributed by atoms with E-state index in [2.05, 4.69) is 10.0 Å². The van der Waals surface area contributed by atoms with Crippen LogP contribution in [0.15, 0.2) is 35.4 Å². The molecular formula is C23H23N3O5. The van der Waals surface area contributed by atoms with Gasteiger partial charge >= 0.3 is 0 Å². The first-order valence-electron chi connectivity index (χ1n) is 10.00. The van der Waals surface area contributed by atoms with Crippen LogP contribution in [0.1, 0.15) is 69.9 Å². The third-order valence-corrected chi connectivity index (χ3v) is 4.60. The molecule has 160 valence electrons. The summed E-state index contributed by atoms with van der Waals surface area (Å²) in [6, 6.07) is 7.48. The molecule has 0 heterocycles. The van der Waals surface area contributed by atoms with Gasteiger partial charge < -0.3 is 9.47 Å². The van der Waals surface area contributed by atoms with Crippen molar-refractivity contribution in [3.05, 3.63) is 68.6 Å². The van der Waals surface area contributed by atoms with Gasteiger partial charge in [-0.15, -0.1) is 0 Å². The molecule has 0 spiro atoms. The Balaban J connectivity index is 2.19. The highest BCUT2D eigenvalue weighted by atomic mass is 16.5. The van der Waals surface area contributed by atoms with Crippen molar-refractivity contribution in [3.8, 4) is 11.5 Å². The zero-order chi connectivity index (χ0) is 22.7. The van der Waals surface area contributed by atoms with E-state index >= 15 is 0 Å². The lowest BCUT2D eigenvalue weighted by molar-refractivity contribution is 0.0968. The number of azide groups is 1. The summed E-state index contributed by atoms with van der Waals surface area (Å²) in [5.74, 6) is -0.894. The molecule has 3 rings (SSSR count). The van der Waals surface area contributed by atoms with Gasteiger partial charge in [0.15, 0.2) is 5.78 Å². The largest absolute Gasteiger partial charge is 0.493 e. The van der Waals surface area contributed by atoms with Gasteiger partial charge in [0.25, 0.3) is 0 Å². The van der Waals surface area contributed by atoms with Gasteiger partial charge in [-0.2, -0.15) is 0 Å². The first-order valence-corrected chi connectivity index (χ1v) is 10.00. The molecule has 2 aromatic carbocycles. The molecule has 0 N–H and O–H groups in total. The van der Waals surface area contributed by atoms with E-state index < -0.39 is 17.5 Å². The Morgan fingerprint density at radius 3 is 2.16 bits per heavy atom. The number of carbonyl (C=O) groups excluding carboxylic acids is 3. The fourth-order valence-electron chi connectivity index (χ4n) is 3.22. The highest BCUT2D eigenvalue weighted by molar-refractivity contribution is 6.30. The molecule has 8 heteroatoms. The minimum Gasteiger partial charge on any atom is -0.493 e. The van der Waals surface area contributed by atoms with Gasteiger partial charge in [-0.05, 0) is 40.7 Å². The third-order valence-electron chi connectivity index (χ3n) is 4.60.